The standard InChI is InChI=1S/C13H14N6O2/c1-7-5-14-11(15-7)12-16-13(21-18-12)10-8-6-20-4-3-9(8)17-19(10)2/h5H,3-4,6H2,1-2H3,(H,14,15). The third-order valence-electron chi connectivity index (χ3n) is 3.50. The number of aromatic nitrogens is 6. The summed E-state index contributed by atoms with van der Waals surface area (Å²) in [5.41, 5.74) is 3.82. The molecule has 0 atom stereocenters. The zero-order valence-electron chi connectivity index (χ0n) is 11.8. The molecule has 0 amide bonds. The summed E-state index contributed by atoms with van der Waals surface area (Å²) >= 11 is 0. The number of hydrogen-bond donors (Lipinski definition) is 1. The Balaban J connectivity index is 1.78. The van der Waals surface area contributed by atoms with E-state index in [0.29, 0.717) is 30.8 Å². The summed E-state index contributed by atoms with van der Waals surface area (Å²) < 4.78 is 12.7. The van der Waals surface area contributed by atoms with E-state index in [1.54, 1.807) is 10.9 Å². The van der Waals surface area contributed by atoms with Crippen molar-refractivity contribution in [2.24, 2.45) is 7.05 Å². The predicted molar refractivity (Wildman–Crippen MR) is 72.2 cm³/mol. The van der Waals surface area contributed by atoms with Crippen LogP contribution in [0.25, 0.3) is 23.2 Å². The van der Waals surface area contributed by atoms with Crippen LogP contribution in [0.4, 0.5) is 0 Å². The number of aryl methyl sites for hydroxylation is 2. The molecule has 0 unspecified atom stereocenters. The fourth-order valence-electron chi connectivity index (χ4n) is 2.53. The minimum absolute atomic E-state index is 0.431. The van der Waals surface area contributed by atoms with E-state index in [1.807, 2.05) is 14.0 Å². The van der Waals surface area contributed by atoms with Crippen molar-refractivity contribution < 1.29 is 9.26 Å². The van der Waals surface area contributed by atoms with Gasteiger partial charge in [0, 0.05) is 30.9 Å². The van der Waals surface area contributed by atoms with Gasteiger partial charge in [-0.1, -0.05) is 5.16 Å². The van der Waals surface area contributed by atoms with Gasteiger partial charge in [0.1, 0.15) is 5.69 Å². The zero-order valence-corrected chi connectivity index (χ0v) is 11.8. The minimum Gasteiger partial charge on any atom is -0.376 e. The number of nitrogens with zero attached hydrogens (tertiary/aromatic N) is 5. The smallest absolute Gasteiger partial charge is 0.276 e. The van der Waals surface area contributed by atoms with Gasteiger partial charge in [0.05, 0.1) is 18.9 Å². The molecular weight excluding hydrogens is 272 g/mol. The van der Waals surface area contributed by atoms with Gasteiger partial charge in [-0.3, -0.25) is 4.68 Å². The quantitative estimate of drug-likeness (QED) is 0.761. The van der Waals surface area contributed by atoms with E-state index in [-0.39, 0.29) is 0 Å². The average molecular weight is 286 g/mol. The Labute approximate surface area is 120 Å². The first kappa shape index (κ1) is 12.3. The van der Waals surface area contributed by atoms with Crippen molar-refractivity contribution in [2.45, 2.75) is 20.0 Å². The summed E-state index contributed by atoms with van der Waals surface area (Å²) in [7, 11) is 1.87. The molecule has 0 spiro atoms. The topological polar surface area (TPSA) is 94.7 Å². The Bertz CT molecular complexity index is 800. The summed E-state index contributed by atoms with van der Waals surface area (Å²) in [5, 5.41) is 8.48. The molecule has 8 nitrogen and oxygen atoms in total. The van der Waals surface area contributed by atoms with E-state index in [0.717, 1.165) is 29.1 Å². The first-order valence-electron chi connectivity index (χ1n) is 6.71. The van der Waals surface area contributed by atoms with Crippen molar-refractivity contribution in [1.29, 1.82) is 0 Å². The summed E-state index contributed by atoms with van der Waals surface area (Å²) in [6, 6.07) is 0. The highest BCUT2D eigenvalue weighted by molar-refractivity contribution is 5.58. The summed E-state index contributed by atoms with van der Waals surface area (Å²) in [4.78, 5) is 11.7. The van der Waals surface area contributed by atoms with Crippen molar-refractivity contribution in [2.75, 3.05) is 6.61 Å². The molecule has 0 fully saturated rings. The molecule has 1 aliphatic heterocycles. The van der Waals surface area contributed by atoms with E-state index < -0.39 is 0 Å². The summed E-state index contributed by atoms with van der Waals surface area (Å²) in [5.74, 6) is 1.46. The summed E-state index contributed by atoms with van der Waals surface area (Å²) in [6.07, 6.45) is 2.53. The van der Waals surface area contributed by atoms with E-state index in [9.17, 15) is 0 Å². The zero-order chi connectivity index (χ0) is 14.4. The van der Waals surface area contributed by atoms with E-state index >= 15 is 0 Å². The van der Waals surface area contributed by atoms with Gasteiger partial charge >= 0.3 is 0 Å². The van der Waals surface area contributed by atoms with Crippen LogP contribution in [-0.4, -0.2) is 36.5 Å². The lowest BCUT2D eigenvalue weighted by Crippen LogP contribution is -2.08. The fraction of sp³-hybridized carbons (Fsp3) is 0.385. The van der Waals surface area contributed by atoms with Crippen LogP contribution in [-0.2, 0) is 24.8 Å². The molecular formula is C13H14N6O2. The molecule has 0 aromatic carbocycles. The van der Waals surface area contributed by atoms with Crippen molar-refractivity contribution in [3.63, 3.8) is 0 Å². The molecule has 0 aliphatic carbocycles. The molecule has 0 saturated heterocycles. The van der Waals surface area contributed by atoms with Crippen molar-refractivity contribution in [3.8, 4) is 23.2 Å². The van der Waals surface area contributed by atoms with Crippen LogP contribution in [0.3, 0.4) is 0 Å². The van der Waals surface area contributed by atoms with Gasteiger partial charge in [0.2, 0.25) is 5.82 Å². The Morgan fingerprint density at radius 1 is 1.38 bits per heavy atom. The van der Waals surface area contributed by atoms with E-state index in [4.69, 9.17) is 9.26 Å². The molecule has 4 rings (SSSR count). The Kier molecular flexibility index (Phi) is 2.64. The first-order chi connectivity index (χ1) is 10.2. The van der Waals surface area contributed by atoms with Crippen LogP contribution in [0.1, 0.15) is 17.0 Å². The molecule has 3 aromatic rings. The van der Waals surface area contributed by atoms with Gasteiger partial charge in [-0.2, -0.15) is 10.1 Å². The molecule has 4 heterocycles. The molecule has 3 aromatic heterocycles. The third-order valence-corrected chi connectivity index (χ3v) is 3.50. The number of hydrogen-bond acceptors (Lipinski definition) is 6. The largest absolute Gasteiger partial charge is 0.376 e. The molecule has 1 N–H and O–H groups in total. The minimum atomic E-state index is 0.431. The lowest BCUT2D eigenvalue weighted by atomic mass is 10.1. The number of H-pyrrole nitrogens is 1. The van der Waals surface area contributed by atoms with E-state index in [1.165, 1.54) is 0 Å². The highest BCUT2D eigenvalue weighted by Gasteiger charge is 2.25. The van der Waals surface area contributed by atoms with Crippen molar-refractivity contribution in [1.82, 2.24) is 29.9 Å². The van der Waals surface area contributed by atoms with Gasteiger partial charge in [0.15, 0.2) is 5.82 Å². The van der Waals surface area contributed by atoms with Crippen molar-refractivity contribution >= 4 is 0 Å². The van der Waals surface area contributed by atoms with Crippen LogP contribution in [0, 0.1) is 6.92 Å². The summed E-state index contributed by atoms with van der Waals surface area (Å²) in [6.45, 7) is 3.15. The second-order valence-electron chi connectivity index (χ2n) is 5.04. The van der Waals surface area contributed by atoms with Crippen molar-refractivity contribution in [3.05, 3.63) is 23.1 Å². The first-order valence-corrected chi connectivity index (χ1v) is 6.71. The molecule has 108 valence electrons. The SMILES string of the molecule is Cc1cnc(-c2noc(-c3c4c(nn3C)CCOC4)n2)[nH]1. The van der Waals surface area contributed by atoms with Crippen LogP contribution >= 0.6 is 0 Å². The lowest BCUT2D eigenvalue weighted by molar-refractivity contribution is 0.110. The lowest BCUT2D eigenvalue weighted by Gasteiger charge is -2.10. The highest BCUT2D eigenvalue weighted by Crippen LogP contribution is 2.29. The molecule has 8 heteroatoms. The monoisotopic (exact) mass is 286 g/mol. The van der Waals surface area contributed by atoms with Gasteiger partial charge in [-0.05, 0) is 6.92 Å². The molecule has 0 saturated carbocycles. The number of imidazole rings is 1. The van der Waals surface area contributed by atoms with Gasteiger partial charge in [0.25, 0.3) is 5.89 Å². The van der Waals surface area contributed by atoms with Gasteiger partial charge in [-0.15, -0.1) is 0 Å². The van der Waals surface area contributed by atoms with E-state index in [2.05, 4.69) is 25.2 Å². The molecule has 0 radical (unpaired) electrons. The average Bonchev–Trinajstić information content (AvgIpc) is 3.15. The van der Waals surface area contributed by atoms with Crippen LogP contribution in [0.5, 0.6) is 0 Å². The third kappa shape index (κ3) is 1.95. The van der Waals surface area contributed by atoms with Crippen LogP contribution in [0.2, 0.25) is 0 Å². The Hall–Kier alpha value is -2.48. The predicted octanol–water partition coefficient (Wildman–Crippen LogP) is 1.24. The second-order valence-corrected chi connectivity index (χ2v) is 5.04. The maximum absolute atomic E-state index is 5.50. The normalized spacial score (nSPS) is 14.4. The molecule has 21 heavy (non-hydrogen) atoms. The van der Waals surface area contributed by atoms with Crippen LogP contribution < -0.4 is 0 Å². The number of ether oxygens (including phenoxy) is 1. The van der Waals surface area contributed by atoms with Gasteiger partial charge < -0.3 is 14.2 Å². The Morgan fingerprint density at radius 2 is 2.29 bits per heavy atom. The van der Waals surface area contributed by atoms with Gasteiger partial charge in [-0.25, -0.2) is 4.98 Å². The fourth-order valence-corrected chi connectivity index (χ4v) is 2.53. The number of fused-ring (bicyclic) bond motifs is 1. The number of nitrogens with one attached hydrogen (secondary N) is 1. The van der Waals surface area contributed by atoms with Crippen LogP contribution in [0.15, 0.2) is 10.7 Å². The molecule has 1 aliphatic rings. The number of rotatable bonds is 2. The highest BCUT2D eigenvalue weighted by atomic mass is 16.5. The maximum Gasteiger partial charge on any atom is 0.276 e. The number of aromatic amines is 1. The Morgan fingerprint density at radius 3 is 3.10 bits per heavy atom. The maximum atomic E-state index is 5.50. The second kappa shape index (κ2) is 4.52. The molecule has 0 bridgehead atoms.